The summed E-state index contributed by atoms with van der Waals surface area (Å²) in [7, 11) is 0. The van der Waals surface area contributed by atoms with Crippen LogP contribution >= 0.6 is 0 Å². The molecule has 0 saturated carbocycles. The van der Waals surface area contributed by atoms with E-state index in [-0.39, 0.29) is 19.1 Å². The van der Waals surface area contributed by atoms with Gasteiger partial charge in [-0.25, -0.2) is 4.79 Å². The molecule has 0 heterocycles. The van der Waals surface area contributed by atoms with Crippen LogP contribution in [0.25, 0.3) is 0 Å². The van der Waals surface area contributed by atoms with Crippen molar-refractivity contribution in [1.29, 1.82) is 0 Å². The lowest BCUT2D eigenvalue weighted by atomic mass is 10.1. The summed E-state index contributed by atoms with van der Waals surface area (Å²) in [5.41, 5.74) is 6.10. The molecule has 0 aliphatic heterocycles. The average Bonchev–Trinajstić information content (AvgIpc) is 2.41. The van der Waals surface area contributed by atoms with E-state index in [1.807, 2.05) is 0 Å². The Kier molecular flexibility index (Phi) is 5.92. The van der Waals surface area contributed by atoms with Crippen LogP contribution in [0, 0.1) is 11.8 Å². The summed E-state index contributed by atoms with van der Waals surface area (Å²) in [4.78, 5) is 22.1. The Morgan fingerprint density at radius 3 is 2.37 bits per heavy atom. The van der Waals surface area contributed by atoms with E-state index in [1.165, 1.54) is 0 Å². The summed E-state index contributed by atoms with van der Waals surface area (Å²) in [6.07, 6.45) is 0. The van der Waals surface area contributed by atoms with Gasteiger partial charge in [-0.3, -0.25) is 4.79 Å². The number of nitrogens with two attached hydrogens (primary N) is 1. The SMILES string of the molecule is NC(=O)NCCNC(=O)c1ccc(C#CCO)cc1. The molecule has 0 fully saturated rings. The molecular weight excluding hydrogens is 246 g/mol. The molecule has 19 heavy (non-hydrogen) atoms. The predicted molar refractivity (Wildman–Crippen MR) is 70.3 cm³/mol. The third-order valence-electron chi connectivity index (χ3n) is 2.17. The molecule has 0 aliphatic carbocycles. The van der Waals surface area contributed by atoms with Gasteiger partial charge in [-0.2, -0.15) is 0 Å². The quantitative estimate of drug-likeness (QED) is 0.431. The molecule has 0 unspecified atom stereocenters. The molecule has 1 rings (SSSR count). The summed E-state index contributed by atoms with van der Waals surface area (Å²) in [6, 6.07) is 6.04. The maximum atomic E-state index is 11.7. The van der Waals surface area contributed by atoms with Crippen molar-refractivity contribution >= 4 is 11.9 Å². The van der Waals surface area contributed by atoms with Gasteiger partial charge in [0, 0.05) is 24.2 Å². The molecule has 5 N–H and O–H groups in total. The van der Waals surface area contributed by atoms with Crippen molar-refractivity contribution in [2.24, 2.45) is 5.73 Å². The number of aliphatic hydroxyl groups excluding tert-OH is 1. The number of benzene rings is 1. The highest BCUT2D eigenvalue weighted by atomic mass is 16.2. The smallest absolute Gasteiger partial charge is 0.312 e. The zero-order chi connectivity index (χ0) is 14.1. The minimum absolute atomic E-state index is 0.199. The van der Waals surface area contributed by atoms with Gasteiger partial charge >= 0.3 is 6.03 Å². The first-order valence-electron chi connectivity index (χ1n) is 5.65. The molecule has 0 aromatic heterocycles. The van der Waals surface area contributed by atoms with Crippen LogP contribution in [0.1, 0.15) is 15.9 Å². The van der Waals surface area contributed by atoms with Crippen LogP contribution in [0.15, 0.2) is 24.3 Å². The normalized spacial score (nSPS) is 9.11. The second-order valence-corrected chi connectivity index (χ2v) is 3.58. The highest BCUT2D eigenvalue weighted by Gasteiger charge is 2.03. The van der Waals surface area contributed by atoms with Gasteiger partial charge in [0.15, 0.2) is 0 Å². The fourth-order valence-electron chi connectivity index (χ4n) is 1.31. The largest absolute Gasteiger partial charge is 0.384 e. The van der Waals surface area contributed by atoms with Crippen LogP contribution in [-0.4, -0.2) is 36.7 Å². The maximum absolute atomic E-state index is 11.7. The van der Waals surface area contributed by atoms with Gasteiger partial charge in [0.25, 0.3) is 5.91 Å². The lowest BCUT2D eigenvalue weighted by Crippen LogP contribution is -2.37. The highest BCUT2D eigenvalue weighted by molar-refractivity contribution is 5.94. The Morgan fingerprint density at radius 2 is 1.79 bits per heavy atom. The van der Waals surface area contributed by atoms with Crippen LogP contribution in [0.5, 0.6) is 0 Å². The fourth-order valence-corrected chi connectivity index (χ4v) is 1.31. The summed E-state index contributed by atoms with van der Waals surface area (Å²) in [5.74, 6) is 5.01. The molecule has 6 heteroatoms. The Balaban J connectivity index is 2.46. The van der Waals surface area contributed by atoms with Gasteiger partial charge in [0.2, 0.25) is 0 Å². The molecule has 6 nitrogen and oxygen atoms in total. The molecule has 3 amide bonds. The van der Waals surface area contributed by atoms with Crippen molar-refractivity contribution in [2.45, 2.75) is 0 Å². The molecule has 1 aromatic carbocycles. The topological polar surface area (TPSA) is 104 Å². The first-order chi connectivity index (χ1) is 9.13. The monoisotopic (exact) mass is 261 g/mol. The van der Waals surface area contributed by atoms with E-state index in [0.29, 0.717) is 12.1 Å². The molecule has 100 valence electrons. The van der Waals surface area contributed by atoms with Crippen molar-refractivity contribution in [3.8, 4) is 11.8 Å². The standard InChI is InChI=1S/C13H15N3O3/c14-13(19)16-8-7-15-12(18)11-5-3-10(4-6-11)2-1-9-17/h3-6,17H,7-9H2,(H,15,18)(H3,14,16,19). The second-order valence-electron chi connectivity index (χ2n) is 3.58. The number of amides is 3. The fraction of sp³-hybridized carbons (Fsp3) is 0.231. The number of rotatable bonds is 4. The highest BCUT2D eigenvalue weighted by Crippen LogP contribution is 2.02. The first kappa shape index (κ1) is 14.5. The van der Waals surface area contributed by atoms with E-state index in [9.17, 15) is 9.59 Å². The minimum Gasteiger partial charge on any atom is -0.384 e. The number of hydrogen-bond donors (Lipinski definition) is 4. The zero-order valence-corrected chi connectivity index (χ0v) is 10.3. The molecule has 0 saturated heterocycles. The van der Waals surface area contributed by atoms with E-state index in [0.717, 1.165) is 5.56 Å². The first-order valence-corrected chi connectivity index (χ1v) is 5.65. The van der Waals surface area contributed by atoms with Crippen LogP contribution < -0.4 is 16.4 Å². The van der Waals surface area contributed by atoms with E-state index in [4.69, 9.17) is 10.8 Å². The minimum atomic E-state index is -0.624. The van der Waals surface area contributed by atoms with Crippen LogP contribution in [0.2, 0.25) is 0 Å². The number of carbonyl (C=O) groups is 2. The summed E-state index contributed by atoms with van der Waals surface area (Å²) < 4.78 is 0. The summed E-state index contributed by atoms with van der Waals surface area (Å²) in [6.45, 7) is 0.379. The van der Waals surface area contributed by atoms with Crippen molar-refractivity contribution in [2.75, 3.05) is 19.7 Å². The van der Waals surface area contributed by atoms with Gasteiger partial charge in [-0.1, -0.05) is 11.8 Å². The second kappa shape index (κ2) is 7.74. The molecular formula is C13H15N3O3. The third kappa shape index (κ3) is 5.57. The van der Waals surface area contributed by atoms with Crippen LogP contribution in [0.3, 0.4) is 0 Å². The van der Waals surface area contributed by atoms with Crippen molar-refractivity contribution in [1.82, 2.24) is 10.6 Å². The Labute approximate surface area is 111 Å². The third-order valence-corrected chi connectivity index (χ3v) is 2.17. The van der Waals surface area contributed by atoms with Crippen molar-refractivity contribution in [3.05, 3.63) is 35.4 Å². The number of hydrogen-bond acceptors (Lipinski definition) is 3. The van der Waals surface area contributed by atoms with Crippen molar-refractivity contribution < 1.29 is 14.7 Å². The van der Waals surface area contributed by atoms with Gasteiger partial charge in [0.1, 0.15) is 6.61 Å². The lowest BCUT2D eigenvalue weighted by Gasteiger charge is -2.05. The zero-order valence-electron chi connectivity index (χ0n) is 10.3. The summed E-state index contributed by atoms with van der Waals surface area (Å²) in [5, 5.41) is 13.6. The Hall–Kier alpha value is -2.52. The number of urea groups is 1. The molecule has 1 aromatic rings. The van der Waals surface area contributed by atoms with Crippen LogP contribution in [0.4, 0.5) is 4.79 Å². The van der Waals surface area contributed by atoms with Crippen molar-refractivity contribution in [3.63, 3.8) is 0 Å². The Morgan fingerprint density at radius 1 is 1.16 bits per heavy atom. The number of aliphatic hydroxyl groups is 1. The van der Waals surface area contributed by atoms with Gasteiger partial charge in [-0.15, -0.1) is 0 Å². The van der Waals surface area contributed by atoms with E-state index >= 15 is 0 Å². The molecule has 0 aliphatic rings. The molecule has 0 bridgehead atoms. The Bertz CT molecular complexity index is 500. The molecule has 0 radical (unpaired) electrons. The molecule has 0 atom stereocenters. The predicted octanol–water partition coefficient (Wildman–Crippen LogP) is -0.571. The number of carbonyl (C=O) groups excluding carboxylic acids is 2. The van der Waals surface area contributed by atoms with Gasteiger partial charge < -0.3 is 21.5 Å². The van der Waals surface area contributed by atoms with E-state index in [1.54, 1.807) is 24.3 Å². The summed E-state index contributed by atoms with van der Waals surface area (Å²) >= 11 is 0. The van der Waals surface area contributed by atoms with Gasteiger partial charge in [0.05, 0.1) is 0 Å². The van der Waals surface area contributed by atoms with E-state index < -0.39 is 6.03 Å². The lowest BCUT2D eigenvalue weighted by molar-refractivity contribution is 0.0954. The maximum Gasteiger partial charge on any atom is 0.312 e. The number of nitrogens with one attached hydrogen (secondary N) is 2. The van der Waals surface area contributed by atoms with Gasteiger partial charge in [-0.05, 0) is 24.3 Å². The average molecular weight is 261 g/mol. The molecule has 0 spiro atoms. The number of primary amides is 1. The van der Waals surface area contributed by atoms with E-state index in [2.05, 4.69) is 22.5 Å². The van der Waals surface area contributed by atoms with Crippen LogP contribution in [-0.2, 0) is 0 Å².